The smallest absolute Gasteiger partial charge is 0.120 e. The molecule has 4 aromatic rings. The Morgan fingerprint density at radius 2 is 1.07 bits per heavy atom. The first kappa shape index (κ1) is 18.3. The van der Waals surface area contributed by atoms with Gasteiger partial charge in [-0.1, -0.05) is 91.0 Å². The van der Waals surface area contributed by atoms with E-state index in [1.54, 1.807) is 0 Å². The molecule has 0 atom stereocenters. The van der Waals surface area contributed by atoms with Crippen LogP contribution < -0.4 is 0 Å². The zero-order valence-corrected chi connectivity index (χ0v) is 15.9. The first-order valence-electron chi connectivity index (χ1n) is 9.81. The number of aromatic nitrogens is 1. The van der Waals surface area contributed by atoms with Crippen LogP contribution in [0.4, 0.5) is 0 Å². The molecule has 0 saturated carbocycles. The predicted octanol–water partition coefficient (Wildman–Crippen LogP) is 5.25. The highest BCUT2D eigenvalue weighted by molar-refractivity contribution is 5.51. The van der Waals surface area contributed by atoms with Gasteiger partial charge >= 0.3 is 0 Å². The molecule has 1 heterocycles. The minimum absolute atomic E-state index is 0.195. The number of rotatable bonds is 7. The summed E-state index contributed by atoms with van der Waals surface area (Å²) in [7, 11) is 0. The summed E-state index contributed by atoms with van der Waals surface area (Å²) in [4.78, 5) is 0. The van der Waals surface area contributed by atoms with Crippen molar-refractivity contribution >= 4 is 0 Å². The van der Waals surface area contributed by atoms with Crippen molar-refractivity contribution in [3.63, 3.8) is 0 Å². The monoisotopic (exact) mass is 367 g/mol. The summed E-state index contributed by atoms with van der Waals surface area (Å²) in [6, 6.07) is 36.3. The average molecular weight is 367 g/mol. The van der Waals surface area contributed by atoms with E-state index in [1.807, 2.05) is 0 Å². The fourth-order valence-electron chi connectivity index (χ4n) is 4.16. The van der Waals surface area contributed by atoms with Crippen LogP contribution in [0.2, 0.25) is 0 Å². The third-order valence-corrected chi connectivity index (χ3v) is 5.36. The molecule has 1 N–H and O–H groups in total. The van der Waals surface area contributed by atoms with Crippen molar-refractivity contribution in [2.24, 2.45) is 0 Å². The molecular weight excluding hydrogens is 342 g/mol. The summed E-state index contributed by atoms with van der Waals surface area (Å²) < 4.78 is 2.38. The molecule has 28 heavy (non-hydrogen) atoms. The molecule has 0 amide bonds. The van der Waals surface area contributed by atoms with Crippen molar-refractivity contribution in [2.45, 2.75) is 18.4 Å². The van der Waals surface area contributed by atoms with Gasteiger partial charge in [0.25, 0.3) is 0 Å². The van der Waals surface area contributed by atoms with Crippen molar-refractivity contribution in [1.82, 2.24) is 4.57 Å². The lowest BCUT2D eigenvalue weighted by atomic mass is 9.76. The lowest BCUT2D eigenvalue weighted by Crippen LogP contribution is -2.38. The van der Waals surface area contributed by atoms with E-state index < -0.39 is 5.54 Å². The standard InChI is InChI=1S/C26H25NO/c28-21-11-19-25-18-10-20-27(25)26(22-12-4-1-5-13-22,23-14-6-2-7-15-23)24-16-8-3-9-17-24/h1-10,12-18,20,28H,11,19,21H2. The first-order valence-corrected chi connectivity index (χ1v) is 9.81. The predicted molar refractivity (Wildman–Crippen MR) is 114 cm³/mol. The SMILES string of the molecule is OCCCc1cccn1C(c1ccccc1)(c1ccccc1)c1ccccc1. The Labute approximate surface area is 166 Å². The number of aliphatic hydroxyl groups excluding tert-OH is 1. The van der Waals surface area contributed by atoms with Gasteiger partial charge in [0.15, 0.2) is 0 Å². The van der Waals surface area contributed by atoms with E-state index in [0.717, 1.165) is 12.8 Å². The molecule has 0 aliphatic heterocycles. The maximum Gasteiger partial charge on any atom is 0.120 e. The Morgan fingerprint density at radius 1 is 0.607 bits per heavy atom. The summed E-state index contributed by atoms with van der Waals surface area (Å²) in [5.74, 6) is 0. The molecular formula is C26H25NO. The topological polar surface area (TPSA) is 25.2 Å². The van der Waals surface area contributed by atoms with Gasteiger partial charge in [-0.15, -0.1) is 0 Å². The Balaban J connectivity index is 2.07. The Bertz CT molecular complexity index is 894. The van der Waals surface area contributed by atoms with Crippen LogP contribution in [-0.2, 0) is 12.0 Å². The molecule has 0 unspecified atom stereocenters. The van der Waals surface area contributed by atoms with Crippen molar-refractivity contribution < 1.29 is 5.11 Å². The van der Waals surface area contributed by atoms with Gasteiger partial charge in [0.2, 0.25) is 0 Å². The van der Waals surface area contributed by atoms with E-state index in [9.17, 15) is 5.11 Å². The fourth-order valence-corrected chi connectivity index (χ4v) is 4.16. The highest BCUT2D eigenvalue weighted by Crippen LogP contribution is 2.41. The van der Waals surface area contributed by atoms with Gasteiger partial charge in [-0.25, -0.2) is 0 Å². The number of aliphatic hydroxyl groups is 1. The van der Waals surface area contributed by atoms with Gasteiger partial charge < -0.3 is 9.67 Å². The minimum Gasteiger partial charge on any atom is -0.396 e. The number of benzene rings is 3. The summed E-state index contributed by atoms with van der Waals surface area (Å²) in [6.07, 6.45) is 3.75. The number of hydrogen-bond donors (Lipinski definition) is 1. The minimum atomic E-state index is -0.474. The first-order chi connectivity index (χ1) is 13.9. The summed E-state index contributed by atoms with van der Waals surface area (Å²) in [5.41, 5.74) is 4.39. The molecule has 0 spiro atoms. The summed E-state index contributed by atoms with van der Waals surface area (Å²) in [5, 5.41) is 9.40. The highest BCUT2D eigenvalue weighted by atomic mass is 16.2. The number of hydrogen-bond acceptors (Lipinski definition) is 1. The quantitative estimate of drug-likeness (QED) is 0.443. The molecule has 140 valence electrons. The van der Waals surface area contributed by atoms with Crippen LogP contribution >= 0.6 is 0 Å². The second-order valence-electron chi connectivity index (χ2n) is 7.01. The average Bonchev–Trinajstić information content (AvgIpc) is 3.24. The van der Waals surface area contributed by atoms with Crippen LogP contribution in [0.3, 0.4) is 0 Å². The highest BCUT2D eigenvalue weighted by Gasteiger charge is 2.38. The van der Waals surface area contributed by atoms with Gasteiger partial charge in [-0.05, 0) is 41.7 Å². The molecule has 0 aliphatic rings. The van der Waals surface area contributed by atoms with Crippen molar-refractivity contribution in [3.8, 4) is 0 Å². The van der Waals surface area contributed by atoms with E-state index >= 15 is 0 Å². The van der Waals surface area contributed by atoms with Crippen LogP contribution in [0.5, 0.6) is 0 Å². The van der Waals surface area contributed by atoms with Crippen molar-refractivity contribution in [1.29, 1.82) is 0 Å². The van der Waals surface area contributed by atoms with Crippen LogP contribution in [0.1, 0.15) is 28.8 Å². The second-order valence-corrected chi connectivity index (χ2v) is 7.01. The molecule has 2 nitrogen and oxygen atoms in total. The van der Waals surface area contributed by atoms with E-state index in [0.29, 0.717) is 0 Å². The fraction of sp³-hybridized carbons (Fsp3) is 0.154. The Kier molecular flexibility index (Phi) is 5.41. The van der Waals surface area contributed by atoms with Gasteiger partial charge in [-0.2, -0.15) is 0 Å². The van der Waals surface area contributed by atoms with Gasteiger partial charge in [0.1, 0.15) is 5.54 Å². The van der Waals surface area contributed by atoms with Crippen LogP contribution in [-0.4, -0.2) is 16.3 Å². The van der Waals surface area contributed by atoms with Gasteiger partial charge in [0, 0.05) is 18.5 Å². The van der Waals surface area contributed by atoms with Gasteiger partial charge in [-0.3, -0.25) is 0 Å². The maximum atomic E-state index is 9.40. The lowest BCUT2D eigenvalue weighted by molar-refractivity contribution is 0.286. The van der Waals surface area contributed by atoms with E-state index in [1.165, 1.54) is 22.4 Å². The summed E-state index contributed by atoms with van der Waals surface area (Å²) in [6.45, 7) is 0.195. The molecule has 0 aliphatic carbocycles. The third-order valence-electron chi connectivity index (χ3n) is 5.36. The molecule has 4 rings (SSSR count). The normalized spacial score (nSPS) is 11.5. The molecule has 0 saturated heterocycles. The lowest BCUT2D eigenvalue weighted by Gasteiger charge is -2.39. The number of aryl methyl sites for hydroxylation is 1. The molecule has 2 heteroatoms. The molecule has 1 aromatic heterocycles. The summed E-state index contributed by atoms with van der Waals surface area (Å²) >= 11 is 0. The molecule has 0 radical (unpaired) electrons. The van der Waals surface area contributed by atoms with Crippen molar-refractivity contribution in [3.05, 3.63) is 132 Å². The van der Waals surface area contributed by atoms with E-state index in [-0.39, 0.29) is 6.61 Å². The van der Waals surface area contributed by atoms with Crippen LogP contribution in [0.25, 0.3) is 0 Å². The molecule has 0 bridgehead atoms. The van der Waals surface area contributed by atoms with Crippen molar-refractivity contribution in [2.75, 3.05) is 6.61 Å². The van der Waals surface area contributed by atoms with E-state index in [2.05, 4.69) is 114 Å². The second kappa shape index (κ2) is 8.28. The number of nitrogens with zero attached hydrogens (tertiary/aromatic N) is 1. The molecule has 0 fully saturated rings. The Morgan fingerprint density at radius 3 is 1.50 bits per heavy atom. The zero-order chi connectivity index (χ0) is 19.2. The van der Waals surface area contributed by atoms with E-state index in [4.69, 9.17) is 0 Å². The Hall–Kier alpha value is -3.10. The van der Waals surface area contributed by atoms with Crippen LogP contribution in [0.15, 0.2) is 109 Å². The zero-order valence-electron chi connectivity index (χ0n) is 15.9. The maximum absolute atomic E-state index is 9.40. The van der Waals surface area contributed by atoms with Crippen LogP contribution in [0, 0.1) is 0 Å². The van der Waals surface area contributed by atoms with Gasteiger partial charge in [0.05, 0.1) is 0 Å². The third kappa shape index (κ3) is 3.17. The molecule has 3 aromatic carbocycles. The largest absolute Gasteiger partial charge is 0.396 e.